The predicted molar refractivity (Wildman–Crippen MR) is 90.7 cm³/mol. The third-order valence-corrected chi connectivity index (χ3v) is 5.81. The van der Waals surface area contributed by atoms with Crippen LogP contribution in [0.1, 0.15) is 28.2 Å². The first-order valence-corrected chi connectivity index (χ1v) is 9.46. The predicted octanol–water partition coefficient (Wildman–Crippen LogP) is 1.98. The third-order valence-electron chi connectivity index (χ3n) is 4.32. The molecule has 0 saturated carbocycles. The minimum absolute atomic E-state index is 0.0236. The lowest BCUT2D eigenvalue weighted by Gasteiger charge is -2.29. The van der Waals surface area contributed by atoms with E-state index in [9.17, 15) is 8.42 Å². The van der Waals surface area contributed by atoms with Gasteiger partial charge in [-0.05, 0) is 35.1 Å². The van der Waals surface area contributed by atoms with E-state index in [2.05, 4.69) is 10.8 Å². The Labute approximate surface area is 137 Å². The summed E-state index contributed by atoms with van der Waals surface area (Å²) in [5, 5.41) is 9.00. The van der Waals surface area contributed by atoms with Gasteiger partial charge in [-0.25, -0.2) is 13.1 Å². The Bertz CT molecular complexity index is 769. The summed E-state index contributed by atoms with van der Waals surface area (Å²) in [5.41, 5.74) is 4.34. The molecule has 0 saturated heterocycles. The molecule has 1 atom stereocenters. The molecule has 1 aliphatic carbocycles. The van der Waals surface area contributed by atoms with Gasteiger partial charge in [0.2, 0.25) is 10.0 Å². The molecule has 2 aromatic rings. The second-order valence-corrected chi connectivity index (χ2v) is 7.85. The molecule has 5 heteroatoms. The molecule has 4 nitrogen and oxygen atoms in total. The first-order chi connectivity index (χ1) is 11.1. The fraction of sp³-hybridized carbons (Fsp3) is 0.333. The Hall–Kier alpha value is -1.69. The maximum absolute atomic E-state index is 12.2. The third kappa shape index (κ3) is 3.99. The Morgan fingerprint density at radius 2 is 1.74 bits per heavy atom. The number of sulfonamides is 1. The van der Waals surface area contributed by atoms with E-state index in [1.807, 2.05) is 42.5 Å². The van der Waals surface area contributed by atoms with Gasteiger partial charge in [-0.3, -0.25) is 0 Å². The van der Waals surface area contributed by atoms with Crippen molar-refractivity contribution >= 4 is 10.0 Å². The van der Waals surface area contributed by atoms with E-state index < -0.39 is 10.0 Å². The normalized spacial score (nSPS) is 16.7. The van der Waals surface area contributed by atoms with Crippen LogP contribution in [0.5, 0.6) is 0 Å². The summed E-state index contributed by atoms with van der Waals surface area (Å²) >= 11 is 0. The van der Waals surface area contributed by atoms with Crippen LogP contribution < -0.4 is 4.72 Å². The van der Waals surface area contributed by atoms with Crippen molar-refractivity contribution < 1.29 is 13.5 Å². The highest BCUT2D eigenvalue weighted by molar-refractivity contribution is 7.89. The zero-order valence-corrected chi connectivity index (χ0v) is 13.7. The van der Waals surface area contributed by atoms with Crippen LogP contribution in [-0.4, -0.2) is 25.8 Å². The molecule has 122 valence electrons. The highest BCUT2D eigenvalue weighted by Gasteiger charge is 2.29. The summed E-state index contributed by atoms with van der Waals surface area (Å²) in [7, 11) is -3.26. The van der Waals surface area contributed by atoms with Crippen LogP contribution in [0.25, 0.3) is 0 Å². The van der Waals surface area contributed by atoms with Crippen molar-refractivity contribution in [1.82, 2.24) is 4.72 Å². The van der Waals surface area contributed by atoms with Crippen molar-refractivity contribution in [2.75, 3.05) is 12.3 Å². The number of aliphatic hydroxyl groups is 1. The Morgan fingerprint density at radius 3 is 2.43 bits per heavy atom. The quantitative estimate of drug-likeness (QED) is 0.815. The van der Waals surface area contributed by atoms with Crippen LogP contribution in [0.15, 0.2) is 48.5 Å². The fourth-order valence-electron chi connectivity index (χ4n) is 3.00. The maximum atomic E-state index is 12.2. The van der Waals surface area contributed by atoms with E-state index in [1.54, 1.807) is 0 Å². The Kier molecular flexibility index (Phi) is 4.80. The first kappa shape index (κ1) is 16.2. The zero-order chi connectivity index (χ0) is 16.3. The summed E-state index contributed by atoms with van der Waals surface area (Å²) in [6.45, 7) is 0.422. The minimum atomic E-state index is -3.26. The van der Waals surface area contributed by atoms with Crippen molar-refractivity contribution in [3.63, 3.8) is 0 Å². The lowest BCUT2D eigenvalue weighted by molar-refractivity contribution is 0.282. The van der Waals surface area contributed by atoms with Crippen molar-refractivity contribution in [3.05, 3.63) is 70.8 Å². The number of nitrogens with one attached hydrogen (secondary N) is 1. The van der Waals surface area contributed by atoms with Crippen molar-refractivity contribution in [3.8, 4) is 0 Å². The number of fused-ring (bicyclic) bond motifs is 1. The highest BCUT2D eigenvalue weighted by atomic mass is 32.2. The van der Waals surface area contributed by atoms with Gasteiger partial charge in [0.25, 0.3) is 0 Å². The maximum Gasteiger partial charge on any atom is 0.212 e. The van der Waals surface area contributed by atoms with Gasteiger partial charge in [-0.15, -0.1) is 0 Å². The number of rotatable bonds is 7. The van der Waals surface area contributed by atoms with Gasteiger partial charge < -0.3 is 5.11 Å². The van der Waals surface area contributed by atoms with E-state index in [0.717, 1.165) is 23.1 Å². The van der Waals surface area contributed by atoms with Crippen LogP contribution in [0, 0.1) is 0 Å². The van der Waals surface area contributed by atoms with Crippen LogP contribution in [-0.2, 0) is 29.5 Å². The molecule has 0 aromatic heterocycles. The summed E-state index contributed by atoms with van der Waals surface area (Å²) in [5.74, 6) is 0.278. The molecule has 0 amide bonds. The fourth-order valence-corrected chi connectivity index (χ4v) is 4.36. The van der Waals surface area contributed by atoms with Crippen LogP contribution >= 0.6 is 0 Å². The summed E-state index contributed by atoms with van der Waals surface area (Å²) in [4.78, 5) is 0. The van der Waals surface area contributed by atoms with Crippen molar-refractivity contribution in [1.29, 1.82) is 0 Å². The second-order valence-electron chi connectivity index (χ2n) is 6.00. The van der Waals surface area contributed by atoms with Gasteiger partial charge >= 0.3 is 0 Å². The van der Waals surface area contributed by atoms with Gasteiger partial charge in [0.05, 0.1) is 12.4 Å². The van der Waals surface area contributed by atoms with E-state index in [0.29, 0.717) is 13.0 Å². The highest BCUT2D eigenvalue weighted by Crippen LogP contribution is 2.35. The lowest BCUT2D eigenvalue weighted by Crippen LogP contribution is -2.34. The molecule has 2 aromatic carbocycles. The molecule has 23 heavy (non-hydrogen) atoms. The molecule has 0 bridgehead atoms. The molecule has 1 unspecified atom stereocenters. The van der Waals surface area contributed by atoms with Crippen LogP contribution in [0.3, 0.4) is 0 Å². The van der Waals surface area contributed by atoms with Crippen LogP contribution in [0.4, 0.5) is 0 Å². The van der Waals surface area contributed by atoms with E-state index in [1.165, 1.54) is 5.56 Å². The van der Waals surface area contributed by atoms with E-state index in [-0.39, 0.29) is 18.3 Å². The molecule has 0 fully saturated rings. The zero-order valence-electron chi connectivity index (χ0n) is 12.9. The van der Waals surface area contributed by atoms with Gasteiger partial charge in [-0.1, -0.05) is 48.5 Å². The van der Waals surface area contributed by atoms with Crippen molar-refractivity contribution in [2.45, 2.75) is 25.4 Å². The van der Waals surface area contributed by atoms with Gasteiger partial charge in [0.1, 0.15) is 0 Å². The summed E-state index contributed by atoms with van der Waals surface area (Å²) in [6, 6.07) is 15.6. The molecule has 1 aliphatic rings. The lowest BCUT2D eigenvalue weighted by atomic mass is 9.79. The number of hydrogen-bond donors (Lipinski definition) is 2. The summed E-state index contributed by atoms with van der Waals surface area (Å²) in [6.07, 6.45) is 1.49. The van der Waals surface area contributed by atoms with E-state index in [4.69, 9.17) is 5.11 Å². The SMILES string of the molecule is O=S(=O)(CC1Cc2ccccc21)NCCc1ccc(CO)cc1. The molecular formula is C18H21NO3S. The molecule has 0 heterocycles. The van der Waals surface area contributed by atoms with Gasteiger partial charge in [0, 0.05) is 12.5 Å². The molecule has 0 radical (unpaired) electrons. The molecule has 2 N–H and O–H groups in total. The molecular weight excluding hydrogens is 310 g/mol. The largest absolute Gasteiger partial charge is 0.392 e. The molecule has 0 spiro atoms. The Morgan fingerprint density at radius 1 is 1.04 bits per heavy atom. The Balaban J connectivity index is 1.49. The average Bonchev–Trinajstić information content (AvgIpc) is 2.53. The monoisotopic (exact) mass is 331 g/mol. The molecule has 3 rings (SSSR count). The van der Waals surface area contributed by atoms with Crippen molar-refractivity contribution in [2.24, 2.45) is 0 Å². The smallest absolute Gasteiger partial charge is 0.212 e. The van der Waals surface area contributed by atoms with Crippen LogP contribution in [0.2, 0.25) is 0 Å². The standard InChI is InChI=1S/C18H21NO3S/c20-12-15-7-5-14(6-8-15)9-10-19-23(21,22)13-17-11-16-3-1-2-4-18(16)17/h1-8,17,19-20H,9-13H2. The second kappa shape index (κ2) is 6.83. The summed E-state index contributed by atoms with van der Waals surface area (Å²) < 4.78 is 27.1. The topological polar surface area (TPSA) is 66.4 Å². The average molecular weight is 331 g/mol. The number of benzene rings is 2. The number of aliphatic hydroxyl groups excluding tert-OH is 1. The first-order valence-electron chi connectivity index (χ1n) is 7.81. The number of hydrogen-bond acceptors (Lipinski definition) is 3. The van der Waals surface area contributed by atoms with Gasteiger partial charge in [-0.2, -0.15) is 0 Å². The van der Waals surface area contributed by atoms with E-state index >= 15 is 0 Å². The molecule has 0 aliphatic heterocycles. The minimum Gasteiger partial charge on any atom is -0.392 e. The van der Waals surface area contributed by atoms with Gasteiger partial charge in [0.15, 0.2) is 0 Å².